The third kappa shape index (κ3) is 3.97. The van der Waals surface area contributed by atoms with Crippen molar-refractivity contribution in [1.29, 1.82) is 0 Å². The molecule has 0 aromatic heterocycles. The van der Waals surface area contributed by atoms with Crippen molar-refractivity contribution in [2.45, 2.75) is 82.3 Å². The normalized spacial score (nSPS) is 31.0. The summed E-state index contributed by atoms with van der Waals surface area (Å²) in [6.07, 6.45) is 11.6. The zero-order chi connectivity index (χ0) is 16.3. The molecule has 1 amide bonds. The van der Waals surface area contributed by atoms with Crippen LogP contribution in [-0.2, 0) is 9.53 Å². The first-order valence-electron chi connectivity index (χ1n) is 9.36. The van der Waals surface area contributed by atoms with Gasteiger partial charge in [-0.3, -0.25) is 4.79 Å². The van der Waals surface area contributed by atoms with Gasteiger partial charge in [0.1, 0.15) is 0 Å². The molecule has 1 aliphatic carbocycles. The molecule has 0 radical (unpaired) electrons. The van der Waals surface area contributed by atoms with Gasteiger partial charge in [0.05, 0.1) is 17.8 Å². The summed E-state index contributed by atoms with van der Waals surface area (Å²) in [6, 6.07) is 0. The van der Waals surface area contributed by atoms with Crippen molar-refractivity contribution < 1.29 is 14.6 Å². The van der Waals surface area contributed by atoms with Gasteiger partial charge in [-0.15, -0.1) is 0 Å². The zero-order valence-electron chi connectivity index (χ0n) is 14.5. The molecule has 0 bridgehead atoms. The number of rotatable bonds is 3. The van der Waals surface area contributed by atoms with E-state index in [9.17, 15) is 9.90 Å². The molecular weight excluding hydrogens is 290 g/mol. The Bertz CT molecular complexity index is 465. The molecule has 4 nitrogen and oxygen atoms in total. The van der Waals surface area contributed by atoms with Crippen LogP contribution in [0.15, 0.2) is 11.6 Å². The number of carbonyl (C=O) groups is 1. The number of hydrogen-bond acceptors (Lipinski definition) is 3. The third-order valence-electron chi connectivity index (χ3n) is 6.08. The monoisotopic (exact) mass is 321 g/mol. The first kappa shape index (κ1) is 17.0. The van der Waals surface area contributed by atoms with Crippen molar-refractivity contribution >= 4 is 5.91 Å². The van der Waals surface area contributed by atoms with Crippen LogP contribution >= 0.6 is 0 Å². The van der Waals surface area contributed by atoms with Gasteiger partial charge < -0.3 is 14.7 Å². The lowest BCUT2D eigenvalue weighted by molar-refractivity contribution is -0.181. The fraction of sp³-hybridized carbons (Fsp3) is 0.842. The van der Waals surface area contributed by atoms with Crippen LogP contribution in [-0.4, -0.2) is 46.8 Å². The summed E-state index contributed by atoms with van der Waals surface area (Å²) < 4.78 is 6.07. The highest BCUT2D eigenvalue weighted by Crippen LogP contribution is 2.41. The minimum absolute atomic E-state index is 0.204. The number of carbonyl (C=O) groups excluding carboxylic acids is 1. The summed E-state index contributed by atoms with van der Waals surface area (Å²) >= 11 is 0. The summed E-state index contributed by atoms with van der Waals surface area (Å²) in [5.74, 6) is 0.273. The Morgan fingerprint density at radius 2 is 2.09 bits per heavy atom. The largest absolute Gasteiger partial charge is 0.390 e. The summed E-state index contributed by atoms with van der Waals surface area (Å²) in [5.41, 5.74) is 0.553. The highest BCUT2D eigenvalue weighted by Gasteiger charge is 2.46. The number of piperidine rings is 1. The van der Waals surface area contributed by atoms with E-state index in [0.717, 1.165) is 58.0 Å². The van der Waals surface area contributed by atoms with Crippen molar-refractivity contribution in [3.05, 3.63) is 11.6 Å². The molecule has 1 atom stereocenters. The second kappa shape index (κ2) is 6.94. The predicted molar refractivity (Wildman–Crippen MR) is 90.1 cm³/mol. The van der Waals surface area contributed by atoms with Crippen molar-refractivity contribution in [3.63, 3.8) is 0 Å². The first-order chi connectivity index (χ1) is 11.0. The van der Waals surface area contributed by atoms with Crippen LogP contribution in [0.3, 0.4) is 0 Å². The molecule has 1 unspecified atom stereocenters. The Morgan fingerprint density at radius 1 is 1.30 bits per heavy atom. The van der Waals surface area contributed by atoms with Gasteiger partial charge in [0.15, 0.2) is 0 Å². The van der Waals surface area contributed by atoms with Crippen molar-refractivity contribution in [2.24, 2.45) is 0 Å². The molecule has 2 fully saturated rings. The first-order valence-corrected chi connectivity index (χ1v) is 9.36. The van der Waals surface area contributed by atoms with Gasteiger partial charge >= 0.3 is 0 Å². The highest BCUT2D eigenvalue weighted by atomic mass is 16.5. The molecule has 1 N–H and O–H groups in total. The number of likely N-dealkylation sites (tertiary alicyclic amines) is 1. The molecular formula is C19H31NO3. The standard InChI is InChI=1S/C19H31NO3/c1-2-18(22)10-13-23-19(15-18)8-11-20(12-9-19)17(21)14-16-6-4-3-5-7-16/h6,22H,2-5,7-15H2,1H3. The van der Waals surface area contributed by atoms with Crippen LogP contribution in [0.25, 0.3) is 0 Å². The van der Waals surface area contributed by atoms with Gasteiger partial charge in [0.25, 0.3) is 0 Å². The summed E-state index contributed by atoms with van der Waals surface area (Å²) in [4.78, 5) is 14.5. The fourth-order valence-electron chi connectivity index (χ4n) is 4.35. The molecule has 0 aromatic rings. The smallest absolute Gasteiger partial charge is 0.226 e. The summed E-state index contributed by atoms with van der Waals surface area (Å²) in [6.45, 7) is 4.23. The molecule has 23 heavy (non-hydrogen) atoms. The average Bonchev–Trinajstić information content (AvgIpc) is 2.56. The molecule has 130 valence electrons. The number of allylic oxidation sites excluding steroid dienone is 1. The molecule has 0 saturated carbocycles. The van der Waals surface area contributed by atoms with Gasteiger partial charge in [-0.05, 0) is 51.4 Å². The number of amides is 1. The lowest BCUT2D eigenvalue weighted by Crippen LogP contribution is -2.55. The maximum absolute atomic E-state index is 12.5. The van der Waals surface area contributed by atoms with E-state index in [2.05, 4.69) is 13.0 Å². The van der Waals surface area contributed by atoms with Crippen molar-refractivity contribution in [3.8, 4) is 0 Å². The molecule has 3 aliphatic rings. The van der Waals surface area contributed by atoms with E-state index in [4.69, 9.17) is 4.74 Å². The van der Waals surface area contributed by atoms with E-state index in [0.29, 0.717) is 13.0 Å². The predicted octanol–water partition coefficient (Wildman–Crippen LogP) is 3.19. The van der Waals surface area contributed by atoms with Crippen LogP contribution in [0.5, 0.6) is 0 Å². The maximum atomic E-state index is 12.5. The topological polar surface area (TPSA) is 49.8 Å². The Labute approximate surface area is 139 Å². The number of aliphatic hydroxyl groups is 1. The number of hydrogen-bond donors (Lipinski definition) is 1. The average molecular weight is 321 g/mol. The van der Waals surface area contributed by atoms with E-state index in [1.165, 1.54) is 18.4 Å². The van der Waals surface area contributed by atoms with Gasteiger partial charge in [0.2, 0.25) is 5.91 Å². The van der Waals surface area contributed by atoms with E-state index in [-0.39, 0.29) is 11.5 Å². The van der Waals surface area contributed by atoms with Gasteiger partial charge in [0, 0.05) is 25.9 Å². The Hall–Kier alpha value is -0.870. The fourth-order valence-corrected chi connectivity index (χ4v) is 4.35. The van der Waals surface area contributed by atoms with Crippen LogP contribution in [0.4, 0.5) is 0 Å². The second-order valence-corrected chi connectivity index (χ2v) is 7.70. The zero-order valence-corrected chi connectivity index (χ0v) is 14.5. The molecule has 2 heterocycles. The Morgan fingerprint density at radius 3 is 2.74 bits per heavy atom. The number of ether oxygens (including phenoxy) is 1. The molecule has 2 aliphatic heterocycles. The molecule has 0 aromatic carbocycles. The van der Waals surface area contributed by atoms with Gasteiger partial charge in [-0.1, -0.05) is 18.6 Å². The molecule has 1 spiro atoms. The van der Waals surface area contributed by atoms with E-state index >= 15 is 0 Å². The Balaban J connectivity index is 1.53. The van der Waals surface area contributed by atoms with Crippen LogP contribution in [0, 0.1) is 0 Å². The van der Waals surface area contributed by atoms with Crippen LogP contribution in [0.1, 0.15) is 71.1 Å². The lowest BCUT2D eigenvalue weighted by Gasteiger charge is -2.49. The molecule has 4 heteroatoms. The minimum atomic E-state index is -0.572. The van der Waals surface area contributed by atoms with Crippen molar-refractivity contribution in [2.75, 3.05) is 19.7 Å². The molecule has 3 rings (SSSR count). The highest BCUT2D eigenvalue weighted by molar-refractivity contribution is 5.78. The lowest BCUT2D eigenvalue weighted by atomic mass is 9.76. The van der Waals surface area contributed by atoms with E-state index in [1.807, 2.05) is 4.90 Å². The van der Waals surface area contributed by atoms with E-state index in [1.54, 1.807) is 0 Å². The van der Waals surface area contributed by atoms with E-state index < -0.39 is 5.60 Å². The second-order valence-electron chi connectivity index (χ2n) is 7.70. The summed E-state index contributed by atoms with van der Waals surface area (Å²) in [5, 5.41) is 10.6. The summed E-state index contributed by atoms with van der Waals surface area (Å²) in [7, 11) is 0. The maximum Gasteiger partial charge on any atom is 0.226 e. The van der Waals surface area contributed by atoms with Crippen LogP contribution in [0.2, 0.25) is 0 Å². The van der Waals surface area contributed by atoms with Crippen LogP contribution < -0.4 is 0 Å². The Kier molecular flexibility index (Phi) is 5.12. The quantitative estimate of drug-likeness (QED) is 0.812. The molecule has 2 saturated heterocycles. The SMILES string of the molecule is CCC1(O)CCOC2(CCN(C(=O)CC3=CCCCC3)CC2)C1. The number of nitrogens with zero attached hydrogens (tertiary/aromatic N) is 1. The third-order valence-corrected chi connectivity index (χ3v) is 6.08. The van der Waals surface area contributed by atoms with Crippen molar-refractivity contribution in [1.82, 2.24) is 4.90 Å². The van der Waals surface area contributed by atoms with Gasteiger partial charge in [-0.25, -0.2) is 0 Å². The van der Waals surface area contributed by atoms with Gasteiger partial charge in [-0.2, -0.15) is 0 Å². The minimum Gasteiger partial charge on any atom is -0.390 e.